The summed E-state index contributed by atoms with van der Waals surface area (Å²) in [5.41, 5.74) is 0. The molecular weight excluding hydrogens is 1450 g/mol. The van der Waals surface area contributed by atoms with Gasteiger partial charge in [-0.15, -0.1) is 0 Å². The van der Waals surface area contributed by atoms with Gasteiger partial charge >= 0.3 is 23.9 Å². The van der Waals surface area contributed by atoms with Crippen molar-refractivity contribution in [2.45, 2.75) is 277 Å². The topological polar surface area (TPSA) is 454 Å². The summed E-state index contributed by atoms with van der Waals surface area (Å²) in [6.07, 6.45) is 25.4. The van der Waals surface area contributed by atoms with Crippen molar-refractivity contribution < 1.29 is 128 Å². The number of ketones is 5. The highest BCUT2D eigenvalue weighted by Gasteiger charge is 2.25. The predicted molar refractivity (Wildman–Crippen MR) is 417 cm³/mol. The Balaban J connectivity index is -0.0000605. The lowest BCUT2D eigenvalue weighted by Crippen LogP contribution is -2.41. The molecule has 0 aromatic carbocycles. The molecule has 0 aliphatic rings. The Kier molecular flexibility index (Phi) is 70.1. The molecule has 0 aliphatic carbocycles. The summed E-state index contributed by atoms with van der Waals surface area (Å²) in [5, 5.41) is 50.0. The summed E-state index contributed by atoms with van der Waals surface area (Å²) in [6.45, 7) is 6.51. The smallest absolute Gasteiger partial charge is 0.326 e. The maximum absolute atomic E-state index is 13.0. The molecule has 0 heterocycles. The molecular formula is C80H143N5O26. The summed E-state index contributed by atoms with van der Waals surface area (Å²) in [4.78, 5) is 168. The van der Waals surface area contributed by atoms with Crippen LogP contribution in [0.2, 0.25) is 0 Å². The number of hydrogen-bond acceptors (Lipinski definition) is 22. The van der Waals surface area contributed by atoms with Crippen LogP contribution >= 0.6 is 0 Å². The first-order valence-corrected chi connectivity index (χ1v) is 41.0. The molecule has 9 N–H and O–H groups in total. The van der Waals surface area contributed by atoms with Crippen LogP contribution in [-0.4, -0.2) is 241 Å². The Morgan fingerprint density at radius 2 is 0.667 bits per heavy atom. The van der Waals surface area contributed by atoms with E-state index in [1.807, 2.05) is 6.92 Å². The quantitative estimate of drug-likeness (QED) is 0.0256. The van der Waals surface area contributed by atoms with Crippen LogP contribution in [0.3, 0.4) is 0 Å². The third-order valence-corrected chi connectivity index (χ3v) is 18.4. The summed E-state index contributed by atoms with van der Waals surface area (Å²) in [7, 11) is 0. The van der Waals surface area contributed by atoms with Crippen LogP contribution in [0.15, 0.2) is 0 Å². The van der Waals surface area contributed by atoms with Crippen molar-refractivity contribution in [3.8, 4) is 0 Å². The molecule has 644 valence electrons. The van der Waals surface area contributed by atoms with E-state index in [0.29, 0.717) is 96.7 Å². The number of amides is 5. The number of aliphatic carboxylic acids is 4. The van der Waals surface area contributed by atoms with Gasteiger partial charge in [-0.25, -0.2) is 4.79 Å². The Hall–Kier alpha value is -6.74. The standard InChI is InChI=1S/C80H139N5O26.2H2/c1-63(29-23-25-41-81-74(93)60-109-54-50-105-46-28-33-69(89)59-108-53-51-106-47-43-83-72(91)40-37-66(79(100)101)57-68(88)31-19-15-11-7-3-5-9-13-17-21-35-77(96)97)71(90)58-65(64(2)86)30-24-26-42-82-75(94)61-111-56-52-107-48-44-84-76(95)62-110-55-49-104-45-27-32-67(87)38-39-70(80(102)103)85-73(92)34-20-16-12-8-4-6-10-14-18-22-36-78(98)99;;/h63,65-66,70H,3-62H2,1-2H3,(H,81,93)(H,82,94)(H,83,91)(H,84,95)(H,85,92)(H,96,97)(H,98,99)(H,100,101)(H,102,103);2*1H/t63-,65+,66+,70-;;/m0../s1. The summed E-state index contributed by atoms with van der Waals surface area (Å²) < 4.78 is 43.4. The van der Waals surface area contributed by atoms with Crippen LogP contribution < -0.4 is 26.6 Å². The maximum atomic E-state index is 13.0. The van der Waals surface area contributed by atoms with E-state index in [4.69, 9.17) is 48.1 Å². The lowest BCUT2D eigenvalue weighted by Gasteiger charge is -2.16. The van der Waals surface area contributed by atoms with Crippen molar-refractivity contribution in [1.82, 2.24) is 26.6 Å². The third kappa shape index (κ3) is 72.0. The fraction of sp³-hybridized carbons (Fsp3) is 0.825. The summed E-state index contributed by atoms with van der Waals surface area (Å²) in [6, 6.07) is -1.14. The number of carbonyl (C=O) groups excluding carboxylic acids is 10. The number of rotatable bonds is 85. The minimum atomic E-state index is -1.19. The van der Waals surface area contributed by atoms with Crippen molar-refractivity contribution in [1.29, 1.82) is 0 Å². The van der Waals surface area contributed by atoms with Crippen LogP contribution in [0, 0.1) is 17.8 Å². The molecule has 4 atom stereocenters. The molecule has 0 spiro atoms. The van der Waals surface area contributed by atoms with Gasteiger partial charge in [0.15, 0.2) is 5.78 Å². The van der Waals surface area contributed by atoms with Gasteiger partial charge in [-0.2, -0.15) is 0 Å². The lowest BCUT2D eigenvalue weighted by molar-refractivity contribution is -0.144. The minimum Gasteiger partial charge on any atom is -0.481 e. The molecule has 0 saturated carbocycles. The molecule has 0 aromatic rings. The number of nitrogens with one attached hydrogen (secondary N) is 5. The Morgan fingerprint density at radius 3 is 1.11 bits per heavy atom. The van der Waals surface area contributed by atoms with Gasteiger partial charge in [-0.05, 0) is 84.0 Å². The van der Waals surface area contributed by atoms with E-state index < -0.39 is 41.8 Å². The first kappa shape index (κ1) is 104. The van der Waals surface area contributed by atoms with E-state index in [0.717, 1.165) is 109 Å². The fourth-order valence-corrected chi connectivity index (χ4v) is 11.7. The number of ether oxygens (including phenoxy) is 8. The van der Waals surface area contributed by atoms with Gasteiger partial charge in [0.1, 0.15) is 55.6 Å². The highest BCUT2D eigenvalue weighted by Crippen LogP contribution is 2.21. The first-order chi connectivity index (χ1) is 53.5. The number of carbonyl (C=O) groups is 14. The van der Waals surface area contributed by atoms with Crippen LogP contribution in [0.4, 0.5) is 0 Å². The molecule has 31 heteroatoms. The van der Waals surface area contributed by atoms with E-state index in [1.165, 1.54) is 6.92 Å². The van der Waals surface area contributed by atoms with Gasteiger partial charge in [-0.3, -0.25) is 62.3 Å². The van der Waals surface area contributed by atoms with Gasteiger partial charge in [0.2, 0.25) is 29.5 Å². The molecule has 0 aliphatic heterocycles. The molecule has 31 nitrogen and oxygen atoms in total. The number of unbranched alkanes of at least 4 members (excludes halogenated alkanes) is 20. The average molecular weight is 1590 g/mol. The SMILES string of the molecule is CC(=O)[C@H](CCCCNC(=O)COCCOCCNC(=O)COCCOCCCC(=O)CC[C@H](NC(=O)CCCCCCCCCCCCC(=O)O)C(=O)O)CC(=O)[C@@H](C)CCCCNC(=O)COCCOCCCC(=O)COCCOCCNC(=O)CC[C@H](CC(=O)CCCCCCCCCCCCC(=O)O)C(=O)O.[HH].[HH]. The normalized spacial score (nSPS) is 12.3. The third-order valence-electron chi connectivity index (χ3n) is 18.4. The molecule has 0 saturated heterocycles. The highest BCUT2D eigenvalue weighted by molar-refractivity contribution is 5.88. The van der Waals surface area contributed by atoms with Gasteiger partial charge in [0.05, 0.1) is 72.0 Å². The zero-order chi connectivity index (χ0) is 82.0. The highest BCUT2D eigenvalue weighted by atomic mass is 16.5. The second-order valence-corrected chi connectivity index (χ2v) is 28.4. The van der Waals surface area contributed by atoms with E-state index >= 15 is 0 Å². The molecule has 0 bridgehead atoms. The number of carboxylic acids is 4. The van der Waals surface area contributed by atoms with Crippen molar-refractivity contribution in [3.63, 3.8) is 0 Å². The fourth-order valence-electron chi connectivity index (χ4n) is 11.7. The summed E-state index contributed by atoms with van der Waals surface area (Å²) >= 11 is 0. The zero-order valence-electron chi connectivity index (χ0n) is 67.0. The van der Waals surface area contributed by atoms with Crippen LogP contribution in [-0.2, 0) is 105 Å². The summed E-state index contributed by atoms with van der Waals surface area (Å²) in [5.74, 6) is -7.39. The molecule has 111 heavy (non-hydrogen) atoms. The first-order valence-electron chi connectivity index (χ1n) is 41.0. The van der Waals surface area contributed by atoms with Gasteiger partial charge < -0.3 is 84.9 Å². The molecule has 0 fully saturated rings. The van der Waals surface area contributed by atoms with Crippen molar-refractivity contribution in [2.24, 2.45) is 17.8 Å². The lowest BCUT2D eigenvalue weighted by atomic mass is 9.87. The van der Waals surface area contributed by atoms with Gasteiger partial charge in [0.25, 0.3) is 0 Å². The van der Waals surface area contributed by atoms with Crippen LogP contribution in [0.25, 0.3) is 0 Å². The van der Waals surface area contributed by atoms with E-state index in [-0.39, 0.29) is 250 Å². The Bertz CT molecular complexity index is 2570. The molecule has 0 unspecified atom stereocenters. The zero-order valence-corrected chi connectivity index (χ0v) is 67.0. The molecule has 0 aromatic heterocycles. The maximum Gasteiger partial charge on any atom is 0.326 e. The van der Waals surface area contributed by atoms with Crippen molar-refractivity contribution in [3.05, 3.63) is 0 Å². The Labute approximate surface area is 661 Å². The molecule has 0 rings (SSSR count). The largest absolute Gasteiger partial charge is 0.481 e. The molecule has 0 radical (unpaired) electrons. The van der Waals surface area contributed by atoms with Crippen LogP contribution in [0.5, 0.6) is 0 Å². The average Bonchev–Trinajstić information content (AvgIpc) is 0.924. The van der Waals surface area contributed by atoms with E-state index in [1.54, 1.807) is 0 Å². The second-order valence-electron chi connectivity index (χ2n) is 28.4. The molecule has 5 amide bonds. The van der Waals surface area contributed by atoms with Crippen molar-refractivity contribution in [2.75, 3.05) is 132 Å². The number of carboxylic acid groups (broad SMARTS) is 4. The Morgan fingerprint density at radius 1 is 0.288 bits per heavy atom. The predicted octanol–water partition coefficient (Wildman–Crippen LogP) is 9.24. The van der Waals surface area contributed by atoms with Crippen molar-refractivity contribution >= 4 is 82.3 Å². The number of hydrogen-bond donors (Lipinski definition) is 9. The van der Waals surface area contributed by atoms with Gasteiger partial charge in [-0.1, -0.05) is 122 Å². The monoisotopic (exact) mass is 1590 g/mol. The van der Waals surface area contributed by atoms with Crippen LogP contribution in [0.1, 0.15) is 274 Å². The van der Waals surface area contributed by atoms with E-state index in [9.17, 15) is 77.3 Å². The van der Waals surface area contributed by atoms with Gasteiger partial charge in [0, 0.05) is 118 Å². The van der Waals surface area contributed by atoms with E-state index in [2.05, 4.69) is 26.6 Å². The minimum absolute atomic E-state index is 0. The number of Topliss-reactive ketones (excluding diaryl/α,β-unsaturated/α-hetero) is 5. The second kappa shape index (κ2) is 74.7.